The smallest absolute Gasteiger partial charge is 0.256 e. The molecule has 0 bridgehead atoms. The lowest BCUT2D eigenvalue weighted by Gasteiger charge is -2.02. The van der Waals surface area contributed by atoms with Crippen LogP contribution in [0.15, 0.2) is 36.5 Å². The molecule has 0 saturated heterocycles. The molecule has 2 aromatic rings. The predicted octanol–water partition coefficient (Wildman–Crippen LogP) is 4.11. The highest BCUT2D eigenvalue weighted by Crippen LogP contribution is 2.34. The lowest BCUT2D eigenvalue weighted by atomic mass is 10.0. The van der Waals surface area contributed by atoms with Crippen molar-refractivity contribution >= 4 is 40.4 Å². The highest BCUT2D eigenvalue weighted by Gasteiger charge is 2.23. The maximum atomic E-state index is 13.8. The summed E-state index contributed by atoms with van der Waals surface area (Å²) in [5.74, 6) is -0.793. The summed E-state index contributed by atoms with van der Waals surface area (Å²) < 4.78 is 13.8. The Balaban J connectivity index is 1.94. The summed E-state index contributed by atoms with van der Waals surface area (Å²) in [4.78, 5) is 15.6. The number of fused-ring (bicyclic) bond motifs is 1. The van der Waals surface area contributed by atoms with E-state index in [1.807, 2.05) is 0 Å². The first-order valence-electron chi connectivity index (χ1n) is 6.16. The van der Waals surface area contributed by atoms with Crippen LogP contribution in [0.4, 0.5) is 10.1 Å². The lowest BCUT2D eigenvalue weighted by Crippen LogP contribution is -2.04. The maximum Gasteiger partial charge on any atom is 0.256 e. The quantitative estimate of drug-likeness (QED) is 0.668. The number of anilines is 1. The molecule has 0 radical (unpaired) electrons. The van der Waals surface area contributed by atoms with Crippen molar-refractivity contribution in [2.75, 3.05) is 5.32 Å². The van der Waals surface area contributed by atoms with Crippen molar-refractivity contribution in [2.45, 2.75) is 6.42 Å². The summed E-state index contributed by atoms with van der Waals surface area (Å²) in [7, 11) is 0. The fraction of sp³-hybridized carbons (Fsp3) is 0.0667. The zero-order valence-corrected chi connectivity index (χ0v) is 12.2. The molecule has 3 rings (SSSR count). The first-order valence-corrected chi connectivity index (χ1v) is 6.92. The van der Waals surface area contributed by atoms with Crippen molar-refractivity contribution in [3.8, 4) is 0 Å². The van der Waals surface area contributed by atoms with Gasteiger partial charge in [-0.2, -0.15) is 0 Å². The number of pyridine rings is 1. The highest BCUT2D eigenvalue weighted by molar-refractivity contribution is 6.34. The predicted molar refractivity (Wildman–Crippen MR) is 81.0 cm³/mol. The van der Waals surface area contributed by atoms with Gasteiger partial charge in [0.15, 0.2) is 11.0 Å². The topological polar surface area (TPSA) is 42.0 Å². The molecule has 0 saturated carbocycles. The molecule has 0 unspecified atom stereocenters. The van der Waals surface area contributed by atoms with Crippen LogP contribution < -0.4 is 5.32 Å². The molecule has 1 aromatic carbocycles. The molecule has 0 atom stereocenters. The van der Waals surface area contributed by atoms with Gasteiger partial charge in [0, 0.05) is 22.4 Å². The number of carbonyl (C=O) groups excluding carboxylic acids is 1. The molecule has 6 heteroatoms. The molecule has 1 amide bonds. The molecule has 0 spiro atoms. The normalized spacial score (nSPS) is 15.2. The molecule has 0 fully saturated rings. The van der Waals surface area contributed by atoms with Crippen LogP contribution in [-0.4, -0.2) is 10.9 Å². The Morgan fingerprint density at radius 2 is 2.10 bits per heavy atom. The van der Waals surface area contributed by atoms with Crippen molar-refractivity contribution in [1.29, 1.82) is 0 Å². The van der Waals surface area contributed by atoms with Crippen molar-refractivity contribution < 1.29 is 9.18 Å². The van der Waals surface area contributed by atoms with Crippen LogP contribution in [0.25, 0.3) is 5.57 Å². The number of nitrogens with zero attached hydrogens (tertiary/aromatic N) is 1. The van der Waals surface area contributed by atoms with Crippen LogP contribution >= 0.6 is 23.2 Å². The second-order valence-electron chi connectivity index (χ2n) is 4.54. The number of hydrogen-bond acceptors (Lipinski definition) is 2. The number of allylic oxidation sites excluding steroid dienone is 1. The van der Waals surface area contributed by atoms with Gasteiger partial charge in [0.25, 0.3) is 5.91 Å². The molecule has 1 N–H and O–H groups in total. The average molecular weight is 323 g/mol. The average Bonchev–Trinajstić information content (AvgIpc) is 2.75. The number of aromatic nitrogens is 1. The number of rotatable bonds is 2. The minimum Gasteiger partial charge on any atom is -0.321 e. The number of amides is 1. The largest absolute Gasteiger partial charge is 0.321 e. The van der Waals surface area contributed by atoms with Crippen LogP contribution in [0.2, 0.25) is 10.2 Å². The second-order valence-corrected chi connectivity index (χ2v) is 5.34. The molecule has 106 valence electrons. The zero-order valence-electron chi connectivity index (χ0n) is 10.7. The molecule has 2 heterocycles. The minimum atomic E-state index is -0.564. The van der Waals surface area contributed by atoms with Crippen LogP contribution in [0.5, 0.6) is 0 Å². The molecule has 1 aliphatic heterocycles. The first-order chi connectivity index (χ1) is 10.1. The highest BCUT2D eigenvalue weighted by atomic mass is 35.5. The fourth-order valence-electron chi connectivity index (χ4n) is 2.19. The number of hydrogen-bond donors (Lipinski definition) is 1. The maximum absolute atomic E-state index is 13.8. The van der Waals surface area contributed by atoms with Gasteiger partial charge in [-0.3, -0.25) is 4.79 Å². The third-order valence-corrected chi connectivity index (χ3v) is 3.72. The minimum absolute atomic E-state index is 0.172. The number of nitrogens with one attached hydrogen (secondary N) is 1. The van der Waals surface area contributed by atoms with E-state index in [0.29, 0.717) is 21.8 Å². The third kappa shape index (κ3) is 2.64. The van der Waals surface area contributed by atoms with Gasteiger partial charge in [-0.1, -0.05) is 35.3 Å². The van der Waals surface area contributed by atoms with Crippen LogP contribution in [-0.2, 0) is 11.2 Å². The molecule has 1 aromatic heterocycles. The van der Waals surface area contributed by atoms with Crippen molar-refractivity contribution in [3.63, 3.8) is 0 Å². The van der Waals surface area contributed by atoms with Crippen LogP contribution in [0.1, 0.15) is 11.1 Å². The Hall–Kier alpha value is -1.91. The van der Waals surface area contributed by atoms with Gasteiger partial charge in [-0.25, -0.2) is 9.37 Å². The third-order valence-electron chi connectivity index (χ3n) is 3.22. The van der Waals surface area contributed by atoms with E-state index < -0.39 is 5.82 Å². The van der Waals surface area contributed by atoms with Gasteiger partial charge < -0.3 is 5.32 Å². The van der Waals surface area contributed by atoms with E-state index in [9.17, 15) is 9.18 Å². The second kappa shape index (κ2) is 5.47. The van der Waals surface area contributed by atoms with E-state index in [-0.39, 0.29) is 17.5 Å². The summed E-state index contributed by atoms with van der Waals surface area (Å²) in [6, 6.07) is 6.68. The summed E-state index contributed by atoms with van der Waals surface area (Å²) >= 11 is 11.5. The van der Waals surface area contributed by atoms with Gasteiger partial charge in [0.2, 0.25) is 0 Å². The van der Waals surface area contributed by atoms with Gasteiger partial charge in [0.1, 0.15) is 0 Å². The molecule has 3 nitrogen and oxygen atoms in total. The Morgan fingerprint density at radius 3 is 2.90 bits per heavy atom. The molecule has 21 heavy (non-hydrogen) atoms. The Kier molecular flexibility index (Phi) is 3.66. The summed E-state index contributed by atoms with van der Waals surface area (Å²) in [6.07, 6.45) is 3.35. The van der Waals surface area contributed by atoms with E-state index in [0.717, 1.165) is 5.56 Å². The zero-order chi connectivity index (χ0) is 15.0. The molecule has 1 aliphatic rings. The van der Waals surface area contributed by atoms with E-state index >= 15 is 0 Å². The van der Waals surface area contributed by atoms with E-state index in [1.54, 1.807) is 24.3 Å². The SMILES string of the molecule is O=C1Nc2cc(Cl)ccc2/C1=C\Cc1ccnc(Cl)c1F. The van der Waals surface area contributed by atoms with E-state index in [4.69, 9.17) is 23.2 Å². The van der Waals surface area contributed by atoms with Gasteiger partial charge in [-0.15, -0.1) is 0 Å². The first kappa shape index (κ1) is 14.0. The van der Waals surface area contributed by atoms with Crippen LogP contribution in [0, 0.1) is 5.82 Å². The van der Waals surface area contributed by atoms with Crippen molar-refractivity contribution in [1.82, 2.24) is 4.98 Å². The van der Waals surface area contributed by atoms with Crippen molar-refractivity contribution in [2.24, 2.45) is 0 Å². The molecule has 0 aliphatic carbocycles. The number of carbonyl (C=O) groups is 1. The monoisotopic (exact) mass is 322 g/mol. The van der Waals surface area contributed by atoms with Gasteiger partial charge in [0.05, 0.1) is 5.69 Å². The van der Waals surface area contributed by atoms with Gasteiger partial charge in [-0.05, 0) is 30.2 Å². The van der Waals surface area contributed by atoms with Gasteiger partial charge >= 0.3 is 0 Å². The Bertz CT molecular complexity index is 774. The molecular weight excluding hydrogens is 314 g/mol. The van der Waals surface area contributed by atoms with Crippen molar-refractivity contribution in [3.05, 3.63) is 63.7 Å². The van der Waals surface area contributed by atoms with E-state index in [2.05, 4.69) is 10.3 Å². The fourth-order valence-corrected chi connectivity index (χ4v) is 2.54. The lowest BCUT2D eigenvalue weighted by molar-refractivity contribution is -0.110. The Labute approximate surface area is 130 Å². The summed E-state index contributed by atoms with van der Waals surface area (Å²) in [5, 5.41) is 3.10. The van der Waals surface area contributed by atoms with E-state index in [1.165, 1.54) is 12.3 Å². The van der Waals surface area contributed by atoms with Crippen LogP contribution in [0.3, 0.4) is 0 Å². The number of halogens is 3. The molecular formula is C15H9Cl2FN2O. The Morgan fingerprint density at radius 1 is 1.29 bits per heavy atom. The summed E-state index contributed by atoms with van der Waals surface area (Å²) in [5.41, 5.74) is 2.30. The number of benzene rings is 1. The summed E-state index contributed by atoms with van der Waals surface area (Å²) in [6.45, 7) is 0. The standard InChI is InChI=1S/C15H9Cl2FN2O/c16-9-2-4-10-11(15(21)20-12(10)7-9)3-1-8-5-6-19-14(17)13(8)18/h2-7H,1H2,(H,20,21)/b11-3+.